The van der Waals surface area contributed by atoms with Gasteiger partial charge in [-0.25, -0.2) is 9.37 Å². The first kappa shape index (κ1) is 14.3. The molecular weight excluding hydrogens is 283 g/mol. The first-order valence-corrected chi connectivity index (χ1v) is 7.21. The molecule has 19 heavy (non-hydrogen) atoms. The Labute approximate surface area is 121 Å². The normalized spacial score (nSPS) is 11.8. The summed E-state index contributed by atoms with van der Waals surface area (Å²) in [4.78, 5) is 4.57. The van der Waals surface area contributed by atoms with Crippen molar-refractivity contribution in [2.45, 2.75) is 32.6 Å². The van der Waals surface area contributed by atoms with E-state index in [0.717, 1.165) is 10.7 Å². The largest absolute Gasteiger partial charge is 0.397 e. The third-order valence-electron chi connectivity index (χ3n) is 2.84. The summed E-state index contributed by atoms with van der Waals surface area (Å²) in [6.07, 6.45) is 0.504. The molecule has 0 aliphatic heterocycles. The quantitative estimate of drug-likeness (QED) is 0.834. The van der Waals surface area contributed by atoms with Crippen molar-refractivity contribution < 1.29 is 4.39 Å². The van der Waals surface area contributed by atoms with Crippen LogP contribution in [0.5, 0.6) is 0 Å². The van der Waals surface area contributed by atoms with E-state index in [1.807, 2.05) is 5.38 Å². The highest BCUT2D eigenvalue weighted by Crippen LogP contribution is 2.29. The van der Waals surface area contributed by atoms with E-state index in [1.54, 1.807) is 11.3 Å². The minimum absolute atomic E-state index is 0.0138. The Morgan fingerprint density at radius 3 is 2.63 bits per heavy atom. The number of benzene rings is 1. The van der Waals surface area contributed by atoms with Crippen LogP contribution in [-0.2, 0) is 11.8 Å². The molecule has 0 aliphatic carbocycles. The molecule has 0 fully saturated rings. The molecule has 0 spiro atoms. The fourth-order valence-corrected chi connectivity index (χ4v) is 2.95. The molecule has 0 aliphatic rings. The molecule has 1 aromatic heterocycles. The summed E-state index contributed by atoms with van der Waals surface area (Å²) in [5.41, 5.74) is 8.03. The highest BCUT2D eigenvalue weighted by atomic mass is 35.5. The first-order valence-electron chi connectivity index (χ1n) is 5.95. The number of halogens is 2. The molecule has 0 unspecified atom stereocenters. The van der Waals surface area contributed by atoms with Gasteiger partial charge in [-0.1, -0.05) is 32.4 Å². The molecular formula is C14H16ClFN2S. The summed E-state index contributed by atoms with van der Waals surface area (Å²) >= 11 is 7.44. The maximum Gasteiger partial charge on any atom is 0.125 e. The molecule has 0 saturated heterocycles. The summed E-state index contributed by atoms with van der Waals surface area (Å²) in [7, 11) is 0. The topological polar surface area (TPSA) is 38.9 Å². The number of nitrogens with two attached hydrogens (primary N) is 1. The van der Waals surface area contributed by atoms with Gasteiger partial charge in [0.25, 0.3) is 0 Å². The van der Waals surface area contributed by atoms with Gasteiger partial charge in [-0.15, -0.1) is 11.3 Å². The smallest absolute Gasteiger partial charge is 0.125 e. The van der Waals surface area contributed by atoms with E-state index >= 15 is 0 Å². The van der Waals surface area contributed by atoms with E-state index in [9.17, 15) is 4.39 Å². The lowest BCUT2D eigenvalue weighted by molar-refractivity contribution is 0.571. The molecule has 1 heterocycles. The zero-order valence-corrected chi connectivity index (χ0v) is 12.7. The number of anilines is 1. The van der Waals surface area contributed by atoms with E-state index < -0.39 is 0 Å². The number of hydrogen-bond donors (Lipinski definition) is 1. The van der Waals surface area contributed by atoms with Crippen LogP contribution in [-0.4, -0.2) is 4.98 Å². The molecule has 102 valence electrons. The third kappa shape index (κ3) is 3.25. The second kappa shape index (κ2) is 5.10. The highest BCUT2D eigenvalue weighted by Gasteiger charge is 2.18. The molecule has 0 saturated carbocycles. The van der Waals surface area contributed by atoms with Crippen molar-refractivity contribution >= 4 is 28.6 Å². The van der Waals surface area contributed by atoms with Crippen LogP contribution >= 0.6 is 22.9 Å². The average Bonchev–Trinajstić information content (AvgIpc) is 2.73. The number of nitrogens with zero attached hydrogens (tertiary/aromatic N) is 1. The number of hydrogen-bond acceptors (Lipinski definition) is 3. The van der Waals surface area contributed by atoms with Crippen molar-refractivity contribution in [1.82, 2.24) is 4.98 Å². The highest BCUT2D eigenvalue weighted by molar-refractivity contribution is 7.09. The minimum atomic E-state index is -0.373. The predicted molar refractivity (Wildman–Crippen MR) is 79.4 cm³/mol. The van der Waals surface area contributed by atoms with Gasteiger partial charge < -0.3 is 5.73 Å². The Hall–Kier alpha value is -1.13. The Bertz CT molecular complexity index is 602. The zero-order valence-electron chi connectivity index (χ0n) is 11.1. The Morgan fingerprint density at radius 1 is 1.37 bits per heavy atom. The zero-order chi connectivity index (χ0) is 14.2. The van der Waals surface area contributed by atoms with Gasteiger partial charge in [0.15, 0.2) is 0 Å². The lowest BCUT2D eigenvalue weighted by atomic mass is 9.93. The van der Waals surface area contributed by atoms with E-state index in [0.29, 0.717) is 17.7 Å². The van der Waals surface area contributed by atoms with Crippen LogP contribution in [0.1, 0.15) is 37.0 Å². The van der Waals surface area contributed by atoms with E-state index in [-0.39, 0.29) is 16.3 Å². The monoisotopic (exact) mass is 298 g/mol. The summed E-state index contributed by atoms with van der Waals surface area (Å²) in [5.74, 6) is -0.373. The molecule has 0 bridgehead atoms. The van der Waals surface area contributed by atoms with Crippen LogP contribution in [0.15, 0.2) is 17.5 Å². The molecule has 2 nitrogen and oxygen atoms in total. The van der Waals surface area contributed by atoms with Gasteiger partial charge in [-0.2, -0.15) is 0 Å². The van der Waals surface area contributed by atoms with Crippen molar-refractivity contribution in [3.05, 3.63) is 44.6 Å². The summed E-state index contributed by atoms with van der Waals surface area (Å²) in [5, 5.41) is 3.20. The standard InChI is InChI=1S/C14H16ClFN2S/c1-14(2,3)11-7-19-12(18-11)5-8-4-9(16)6-10(15)13(8)17/h4,6-7H,5,17H2,1-3H3. The lowest BCUT2D eigenvalue weighted by Gasteiger charge is -2.14. The van der Waals surface area contributed by atoms with Gasteiger partial charge in [-0.3, -0.25) is 0 Å². The summed E-state index contributed by atoms with van der Waals surface area (Å²) in [6, 6.07) is 2.64. The predicted octanol–water partition coefficient (Wildman–Crippen LogP) is 4.41. The van der Waals surface area contributed by atoms with E-state index in [1.165, 1.54) is 12.1 Å². The van der Waals surface area contributed by atoms with Crippen LogP contribution in [0.4, 0.5) is 10.1 Å². The average molecular weight is 299 g/mol. The molecule has 1 aromatic carbocycles. The second-order valence-corrected chi connectivity index (χ2v) is 6.86. The first-order chi connectivity index (χ1) is 8.77. The van der Waals surface area contributed by atoms with Gasteiger partial charge in [0, 0.05) is 17.2 Å². The molecule has 0 radical (unpaired) electrons. The van der Waals surface area contributed by atoms with Crippen LogP contribution in [0.2, 0.25) is 5.02 Å². The van der Waals surface area contributed by atoms with Gasteiger partial charge in [0.1, 0.15) is 5.82 Å². The van der Waals surface area contributed by atoms with E-state index in [2.05, 4.69) is 25.8 Å². The molecule has 0 amide bonds. The summed E-state index contributed by atoms with van der Waals surface area (Å²) < 4.78 is 13.3. The van der Waals surface area contributed by atoms with Crippen LogP contribution < -0.4 is 5.73 Å². The summed E-state index contributed by atoms with van der Waals surface area (Å²) in [6.45, 7) is 6.33. The van der Waals surface area contributed by atoms with Crippen molar-refractivity contribution in [3.8, 4) is 0 Å². The Kier molecular flexibility index (Phi) is 3.83. The van der Waals surface area contributed by atoms with Crippen molar-refractivity contribution in [1.29, 1.82) is 0 Å². The molecule has 2 rings (SSSR count). The second-order valence-electron chi connectivity index (χ2n) is 5.51. The molecule has 5 heteroatoms. The van der Waals surface area contributed by atoms with Crippen molar-refractivity contribution in [2.24, 2.45) is 0 Å². The van der Waals surface area contributed by atoms with Gasteiger partial charge in [-0.05, 0) is 17.7 Å². The SMILES string of the molecule is CC(C)(C)c1csc(Cc2cc(F)cc(Cl)c2N)n1. The lowest BCUT2D eigenvalue weighted by Crippen LogP contribution is -2.11. The number of aromatic nitrogens is 1. The van der Waals surface area contributed by atoms with Gasteiger partial charge in [0.05, 0.1) is 21.4 Å². The fourth-order valence-electron chi connectivity index (χ4n) is 1.68. The van der Waals surface area contributed by atoms with Gasteiger partial charge >= 0.3 is 0 Å². The molecule has 2 N–H and O–H groups in total. The minimum Gasteiger partial charge on any atom is -0.397 e. The fraction of sp³-hybridized carbons (Fsp3) is 0.357. The Morgan fingerprint density at radius 2 is 2.05 bits per heavy atom. The maximum absolute atomic E-state index is 13.3. The van der Waals surface area contributed by atoms with Crippen LogP contribution in [0.25, 0.3) is 0 Å². The van der Waals surface area contributed by atoms with E-state index in [4.69, 9.17) is 17.3 Å². The van der Waals surface area contributed by atoms with Gasteiger partial charge in [0.2, 0.25) is 0 Å². The number of rotatable bonds is 2. The number of thiazole rings is 1. The Balaban J connectivity index is 2.29. The van der Waals surface area contributed by atoms with Crippen molar-refractivity contribution in [2.75, 3.05) is 5.73 Å². The molecule has 0 atom stereocenters. The van der Waals surface area contributed by atoms with Crippen LogP contribution in [0.3, 0.4) is 0 Å². The number of nitrogen functional groups attached to an aromatic ring is 1. The van der Waals surface area contributed by atoms with Crippen molar-refractivity contribution in [3.63, 3.8) is 0 Å². The third-order valence-corrected chi connectivity index (χ3v) is 4.00. The molecule has 2 aromatic rings. The van der Waals surface area contributed by atoms with Crippen LogP contribution in [0, 0.1) is 5.82 Å². The maximum atomic E-state index is 13.3.